The molecule has 0 saturated carbocycles. The zero-order valence-electron chi connectivity index (χ0n) is 8.33. The van der Waals surface area contributed by atoms with Crippen molar-refractivity contribution in [1.29, 1.82) is 0 Å². The molecule has 0 unspecified atom stereocenters. The molecule has 2 aromatic heterocycles. The van der Waals surface area contributed by atoms with Gasteiger partial charge in [-0.2, -0.15) is 0 Å². The lowest BCUT2D eigenvalue weighted by Crippen LogP contribution is -1.98. The fourth-order valence-corrected chi connectivity index (χ4v) is 2.49. The van der Waals surface area contributed by atoms with E-state index in [0.29, 0.717) is 0 Å². The van der Waals surface area contributed by atoms with Crippen molar-refractivity contribution in [3.05, 3.63) is 44.8 Å². The van der Waals surface area contributed by atoms with Crippen molar-refractivity contribution in [2.75, 3.05) is 5.32 Å². The minimum atomic E-state index is 0.863. The molecular weight excluding hydrogens is 272 g/mol. The van der Waals surface area contributed by atoms with Gasteiger partial charge in [0.1, 0.15) is 0 Å². The summed E-state index contributed by atoms with van der Waals surface area (Å²) in [6, 6.07) is 4.16. The smallest absolute Gasteiger partial charge is 0.0540 e. The van der Waals surface area contributed by atoms with Crippen LogP contribution in [0, 0.1) is 6.92 Å². The van der Waals surface area contributed by atoms with Crippen LogP contribution in [0.25, 0.3) is 0 Å². The molecule has 0 aliphatic carbocycles. The van der Waals surface area contributed by atoms with E-state index in [0.717, 1.165) is 16.7 Å². The van der Waals surface area contributed by atoms with Gasteiger partial charge in [-0.15, -0.1) is 11.3 Å². The lowest BCUT2D eigenvalue weighted by Gasteiger charge is -2.05. The zero-order chi connectivity index (χ0) is 10.7. The number of anilines is 1. The molecule has 0 aliphatic heterocycles. The van der Waals surface area contributed by atoms with E-state index in [9.17, 15) is 0 Å². The van der Waals surface area contributed by atoms with Gasteiger partial charge >= 0.3 is 0 Å². The SMILES string of the molecule is Cc1ccsc1CNc1cncc(Br)c1. The molecule has 0 aromatic carbocycles. The summed E-state index contributed by atoms with van der Waals surface area (Å²) >= 11 is 5.17. The van der Waals surface area contributed by atoms with Gasteiger partial charge in [0.05, 0.1) is 11.9 Å². The Bertz CT molecular complexity index is 453. The highest BCUT2D eigenvalue weighted by molar-refractivity contribution is 9.10. The fourth-order valence-electron chi connectivity index (χ4n) is 1.28. The molecule has 2 heterocycles. The monoisotopic (exact) mass is 282 g/mol. The molecule has 2 nitrogen and oxygen atoms in total. The van der Waals surface area contributed by atoms with E-state index in [2.05, 4.69) is 44.6 Å². The van der Waals surface area contributed by atoms with Crippen molar-refractivity contribution in [2.24, 2.45) is 0 Å². The molecule has 0 atom stereocenters. The van der Waals surface area contributed by atoms with E-state index in [1.54, 1.807) is 17.5 Å². The van der Waals surface area contributed by atoms with Crippen molar-refractivity contribution in [1.82, 2.24) is 4.98 Å². The van der Waals surface area contributed by atoms with Gasteiger partial charge < -0.3 is 5.32 Å². The van der Waals surface area contributed by atoms with E-state index in [1.165, 1.54) is 10.4 Å². The van der Waals surface area contributed by atoms with Crippen LogP contribution in [0.2, 0.25) is 0 Å². The van der Waals surface area contributed by atoms with Crippen LogP contribution in [0.3, 0.4) is 0 Å². The second-order valence-corrected chi connectivity index (χ2v) is 5.19. The zero-order valence-corrected chi connectivity index (χ0v) is 10.7. The molecule has 0 bridgehead atoms. The van der Waals surface area contributed by atoms with Gasteiger partial charge in [-0.1, -0.05) is 0 Å². The molecule has 0 aliphatic rings. The Kier molecular flexibility index (Phi) is 3.38. The van der Waals surface area contributed by atoms with E-state index in [1.807, 2.05) is 12.3 Å². The topological polar surface area (TPSA) is 24.9 Å². The van der Waals surface area contributed by atoms with Gasteiger partial charge in [0, 0.05) is 22.1 Å². The normalized spacial score (nSPS) is 10.3. The van der Waals surface area contributed by atoms with Crippen LogP contribution < -0.4 is 5.32 Å². The quantitative estimate of drug-likeness (QED) is 0.926. The van der Waals surface area contributed by atoms with Crippen LogP contribution in [0.15, 0.2) is 34.4 Å². The maximum Gasteiger partial charge on any atom is 0.0540 e. The number of thiophene rings is 1. The number of halogens is 1. The molecule has 1 N–H and O–H groups in total. The summed E-state index contributed by atoms with van der Waals surface area (Å²) < 4.78 is 0.996. The molecule has 0 saturated heterocycles. The van der Waals surface area contributed by atoms with Gasteiger partial charge in [0.15, 0.2) is 0 Å². The average molecular weight is 283 g/mol. The van der Waals surface area contributed by atoms with E-state index in [4.69, 9.17) is 0 Å². The van der Waals surface area contributed by atoms with Crippen molar-refractivity contribution < 1.29 is 0 Å². The Hall–Kier alpha value is -0.870. The minimum Gasteiger partial charge on any atom is -0.379 e. The summed E-state index contributed by atoms with van der Waals surface area (Å²) in [6.45, 7) is 2.99. The predicted octanol–water partition coefficient (Wildman–Crippen LogP) is 3.83. The fraction of sp³-hybridized carbons (Fsp3) is 0.182. The molecule has 2 aromatic rings. The number of pyridine rings is 1. The maximum absolute atomic E-state index is 4.10. The van der Waals surface area contributed by atoms with Gasteiger partial charge in [-0.25, -0.2) is 0 Å². The van der Waals surface area contributed by atoms with Gasteiger partial charge in [0.2, 0.25) is 0 Å². The summed E-state index contributed by atoms with van der Waals surface area (Å²) in [5.41, 5.74) is 2.38. The number of hydrogen-bond acceptors (Lipinski definition) is 3. The van der Waals surface area contributed by atoms with Crippen LogP contribution in [0.1, 0.15) is 10.4 Å². The second kappa shape index (κ2) is 4.77. The lowest BCUT2D eigenvalue weighted by molar-refractivity contribution is 1.15. The lowest BCUT2D eigenvalue weighted by atomic mass is 10.3. The number of aromatic nitrogens is 1. The number of rotatable bonds is 3. The Morgan fingerprint density at radius 1 is 1.47 bits per heavy atom. The molecule has 0 amide bonds. The molecule has 0 fully saturated rings. The van der Waals surface area contributed by atoms with Gasteiger partial charge in [0.25, 0.3) is 0 Å². The Morgan fingerprint density at radius 2 is 2.33 bits per heavy atom. The Labute approximate surface area is 101 Å². The van der Waals surface area contributed by atoms with Crippen molar-refractivity contribution >= 4 is 33.0 Å². The summed E-state index contributed by atoms with van der Waals surface area (Å²) in [6.07, 6.45) is 3.61. The molecule has 0 spiro atoms. The first kappa shape index (κ1) is 10.6. The highest BCUT2D eigenvalue weighted by Crippen LogP contribution is 2.18. The average Bonchev–Trinajstić information content (AvgIpc) is 2.61. The van der Waals surface area contributed by atoms with Crippen molar-refractivity contribution in [2.45, 2.75) is 13.5 Å². The highest BCUT2D eigenvalue weighted by atomic mass is 79.9. The highest BCUT2D eigenvalue weighted by Gasteiger charge is 1.99. The first-order valence-electron chi connectivity index (χ1n) is 4.63. The summed E-state index contributed by atoms with van der Waals surface area (Å²) in [5, 5.41) is 5.46. The third-order valence-corrected chi connectivity index (χ3v) is 3.58. The first-order chi connectivity index (χ1) is 7.25. The maximum atomic E-state index is 4.10. The third-order valence-electron chi connectivity index (χ3n) is 2.13. The molecule has 0 radical (unpaired) electrons. The van der Waals surface area contributed by atoms with Crippen molar-refractivity contribution in [3.63, 3.8) is 0 Å². The minimum absolute atomic E-state index is 0.863. The third kappa shape index (κ3) is 2.79. The Balaban J connectivity index is 2.02. The second-order valence-electron chi connectivity index (χ2n) is 3.27. The van der Waals surface area contributed by atoms with Crippen LogP contribution in [-0.2, 0) is 6.54 Å². The molecule has 15 heavy (non-hydrogen) atoms. The largest absolute Gasteiger partial charge is 0.379 e. The van der Waals surface area contributed by atoms with Crippen LogP contribution in [-0.4, -0.2) is 4.98 Å². The first-order valence-corrected chi connectivity index (χ1v) is 6.30. The number of nitrogens with zero attached hydrogens (tertiary/aromatic N) is 1. The van der Waals surface area contributed by atoms with Crippen LogP contribution in [0.5, 0.6) is 0 Å². The van der Waals surface area contributed by atoms with Crippen LogP contribution in [0.4, 0.5) is 5.69 Å². The van der Waals surface area contributed by atoms with Gasteiger partial charge in [-0.3, -0.25) is 4.98 Å². The standard InChI is InChI=1S/C11H11BrN2S/c1-8-2-3-15-11(8)7-14-10-4-9(12)5-13-6-10/h2-6,14H,7H2,1H3. The molecule has 2 rings (SSSR count). The van der Waals surface area contributed by atoms with Gasteiger partial charge in [-0.05, 0) is 45.9 Å². The molecular formula is C11H11BrN2S. The number of nitrogens with one attached hydrogen (secondary N) is 1. The summed E-state index contributed by atoms with van der Waals surface area (Å²) in [5.74, 6) is 0. The number of aryl methyl sites for hydroxylation is 1. The van der Waals surface area contributed by atoms with Crippen molar-refractivity contribution in [3.8, 4) is 0 Å². The Morgan fingerprint density at radius 3 is 3.00 bits per heavy atom. The van der Waals surface area contributed by atoms with E-state index < -0.39 is 0 Å². The van der Waals surface area contributed by atoms with Crippen LogP contribution >= 0.6 is 27.3 Å². The molecule has 4 heteroatoms. The predicted molar refractivity (Wildman–Crippen MR) is 68.3 cm³/mol. The molecule has 78 valence electrons. The number of hydrogen-bond donors (Lipinski definition) is 1. The summed E-state index contributed by atoms with van der Waals surface area (Å²) in [4.78, 5) is 5.47. The van der Waals surface area contributed by atoms with E-state index >= 15 is 0 Å². The van der Waals surface area contributed by atoms with E-state index in [-0.39, 0.29) is 0 Å². The summed E-state index contributed by atoms with van der Waals surface area (Å²) in [7, 11) is 0.